The summed E-state index contributed by atoms with van der Waals surface area (Å²) in [5.74, 6) is 0.727. The van der Waals surface area contributed by atoms with Crippen molar-refractivity contribution in [1.29, 1.82) is 0 Å². The molecule has 1 aromatic carbocycles. The molecule has 1 N–H and O–H groups in total. The molecule has 1 aliphatic heterocycles. The number of carbonyl (C=O) groups is 1. The number of anilines is 1. The number of carboxylic acid groups (broad SMARTS) is 1. The van der Waals surface area contributed by atoms with Crippen molar-refractivity contribution in [3.05, 3.63) is 48.0 Å². The van der Waals surface area contributed by atoms with Crippen molar-refractivity contribution >= 4 is 46.1 Å². The van der Waals surface area contributed by atoms with Gasteiger partial charge in [0.05, 0.1) is 17.5 Å². The summed E-state index contributed by atoms with van der Waals surface area (Å²) in [5, 5.41) is 10.5. The lowest BCUT2D eigenvalue weighted by molar-refractivity contribution is -0.136. The van der Waals surface area contributed by atoms with Crippen molar-refractivity contribution in [2.45, 2.75) is 5.25 Å². The fraction of sp³-hybridized carbons (Fsp3) is 0.235. The number of hydrogen-bond acceptors (Lipinski definition) is 5. The van der Waals surface area contributed by atoms with Gasteiger partial charge < -0.3 is 14.6 Å². The minimum absolute atomic E-state index is 0.433. The van der Waals surface area contributed by atoms with E-state index in [-0.39, 0.29) is 0 Å². The van der Waals surface area contributed by atoms with Crippen LogP contribution in [0.2, 0.25) is 5.02 Å². The SMILES string of the molecule is O=C(O)C1CN(c2cc(-n3ccnc3)c3ccc(Cl)cc3n2)CCS1. The maximum atomic E-state index is 11.3. The van der Waals surface area contributed by atoms with Crippen LogP contribution in [0.25, 0.3) is 16.6 Å². The number of carboxylic acids is 1. The topological polar surface area (TPSA) is 71.2 Å². The van der Waals surface area contributed by atoms with Gasteiger partial charge in [-0.1, -0.05) is 11.6 Å². The molecule has 0 radical (unpaired) electrons. The number of pyridine rings is 1. The third-order valence-corrected chi connectivity index (χ3v) is 5.59. The summed E-state index contributed by atoms with van der Waals surface area (Å²) in [4.78, 5) is 22.2. The van der Waals surface area contributed by atoms with E-state index < -0.39 is 11.2 Å². The summed E-state index contributed by atoms with van der Waals surface area (Å²) in [7, 11) is 0. The van der Waals surface area contributed by atoms with Crippen LogP contribution in [0.5, 0.6) is 0 Å². The van der Waals surface area contributed by atoms with Crippen LogP contribution >= 0.6 is 23.4 Å². The molecule has 128 valence electrons. The van der Waals surface area contributed by atoms with Crippen LogP contribution in [0.4, 0.5) is 5.82 Å². The van der Waals surface area contributed by atoms with Gasteiger partial charge in [0, 0.05) is 47.7 Å². The smallest absolute Gasteiger partial charge is 0.318 e. The molecule has 1 atom stereocenters. The predicted molar refractivity (Wildman–Crippen MR) is 100.0 cm³/mol. The van der Waals surface area contributed by atoms with Crippen LogP contribution in [-0.4, -0.2) is 49.7 Å². The molecular formula is C17H15ClN4O2S. The van der Waals surface area contributed by atoms with Crippen molar-refractivity contribution < 1.29 is 9.90 Å². The number of thioether (sulfide) groups is 1. The Morgan fingerprint density at radius 2 is 2.24 bits per heavy atom. The fourth-order valence-corrected chi connectivity index (χ4v) is 4.16. The molecule has 1 fully saturated rings. The van der Waals surface area contributed by atoms with E-state index in [1.807, 2.05) is 39.9 Å². The van der Waals surface area contributed by atoms with Crippen molar-refractivity contribution in [2.24, 2.45) is 0 Å². The first-order chi connectivity index (χ1) is 12.1. The Hall–Kier alpha value is -2.25. The van der Waals surface area contributed by atoms with Crippen molar-refractivity contribution in [3.63, 3.8) is 0 Å². The first kappa shape index (κ1) is 16.2. The van der Waals surface area contributed by atoms with E-state index in [0.717, 1.165) is 34.7 Å². The Bertz CT molecular complexity index is 932. The highest BCUT2D eigenvalue weighted by Crippen LogP contribution is 2.30. The molecule has 1 aliphatic rings. The number of aliphatic carboxylic acids is 1. The molecular weight excluding hydrogens is 360 g/mol. The summed E-state index contributed by atoms with van der Waals surface area (Å²) in [5.41, 5.74) is 1.72. The molecule has 3 aromatic rings. The molecule has 0 bridgehead atoms. The van der Waals surface area contributed by atoms with Crippen molar-refractivity contribution in [2.75, 3.05) is 23.7 Å². The molecule has 8 heteroatoms. The molecule has 0 spiro atoms. The average Bonchev–Trinajstić information content (AvgIpc) is 3.15. The largest absolute Gasteiger partial charge is 0.480 e. The number of nitrogens with zero attached hydrogens (tertiary/aromatic N) is 4. The second-order valence-corrected chi connectivity index (χ2v) is 7.52. The number of rotatable bonds is 3. The molecule has 0 amide bonds. The van der Waals surface area contributed by atoms with Crippen LogP contribution in [-0.2, 0) is 4.79 Å². The van der Waals surface area contributed by atoms with E-state index in [2.05, 4.69) is 4.98 Å². The van der Waals surface area contributed by atoms with Crippen LogP contribution in [0.1, 0.15) is 0 Å². The van der Waals surface area contributed by atoms with Gasteiger partial charge in [0.1, 0.15) is 11.1 Å². The van der Waals surface area contributed by atoms with Crippen LogP contribution < -0.4 is 4.90 Å². The molecule has 25 heavy (non-hydrogen) atoms. The zero-order valence-corrected chi connectivity index (χ0v) is 14.7. The summed E-state index contributed by atoms with van der Waals surface area (Å²) < 4.78 is 1.93. The molecule has 2 aromatic heterocycles. The fourth-order valence-electron chi connectivity index (χ4n) is 2.95. The van der Waals surface area contributed by atoms with Gasteiger partial charge in [-0.2, -0.15) is 0 Å². The first-order valence-electron chi connectivity index (χ1n) is 7.80. The van der Waals surface area contributed by atoms with Gasteiger partial charge in [0.2, 0.25) is 0 Å². The Kier molecular flexibility index (Phi) is 4.27. The van der Waals surface area contributed by atoms with Crippen molar-refractivity contribution in [1.82, 2.24) is 14.5 Å². The Morgan fingerprint density at radius 3 is 3.00 bits per heavy atom. The number of hydrogen-bond donors (Lipinski definition) is 1. The van der Waals surface area contributed by atoms with Crippen LogP contribution in [0, 0.1) is 0 Å². The van der Waals surface area contributed by atoms with E-state index in [0.29, 0.717) is 11.6 Å². The molecule has 1 saturated heterocycles. The van der Waals surface area contributed by atoms with E-state index in [1.54, 1.807) is 12.5 Å². The minimum Gasteiger partial charge on any atom is -0.480 e. The molecule has 0 saturated carbocycles. The quantitative estimate of drug-likeness (QED) is 0.759. The van der Waals surface area contributed by atoms with E-state index in [1.165, 1.54) is 11.8 Å². The number of fused-ring (bicyclic) bond motifs is 1. The third kappa shape index (κ3) is 3.17. The maximum Gasteiger partial charge on any atom is 0.318 e. The highest BCUT2D eigenvalue weighted by molar-refractivity contribution is 8.00. The zero-order chi connectivity index (χ0) is 17.4. The van der Waals surface area contributed by atoms with E-state index in [9.17, 15) is 9.90 Å². The molecule has 1 unspecified atom stereocenters. The molecule has 0 aliphatic carbocycles. The van der Waals surface area contributed by atoms with Gasteiger partial charge in [0.25, 0.3) is 0 Å². The lowest BCUT2D eigenvalue weighted by atomic mass is 10.1. The second-order valence-electron chi connectivity index (χ2n) is 5.77. The number of benzene rings is 1. The molecule has 3 heterocycles. The summed E-state index contributed by atoms with van der Waals surface area (Å²) in [6, 6.07) is 7.58. The lowest BCUT2D eigenvalue weighted by Crippen LogP contribution is -2.41. The number of imidazole rings is 1. The normalized spacial score (nSPS) is 17.8. The predicted octanol–water partition coefficient (Wildman–Crippen LogP) is 3.08. The first-order valence-corrected chi connectivity index (χ1v) is 9.22. The summed E-state index contributed by atoms with van der Waals surface area (Å²) >= 11 is 7.62. The van der Waals surface area contributed by atoms with Crippen LogP contribution in [0.15, 0.2) is 43.0 Å². The molecule has 6 nitrogen and oxygen atoms in total. The van der Waals surface area contributed by atoms with Crippen LogP contribution in [0.3, 0.4) is 0 Å². The highest BCUT2D eigenvalue weighted by Gasteiger charge is 2.27. The van der Waals surface area contributed by atoms with Gasteiger partial charge in [-0.05, 0) is 18.2 Å². The Balaban J connectivity index is 1.83. The lowest BCUT2D eigenvalue weighted by Gasteiger charge is -2.31. The summed E-state index contributed by atoms with van der Waals surface area (Å²) in [6.45, 7) is 1.19. The van der Waals surface area contributed by atoms with Gasteiger partial charge in [-0.15, -0.1) is 11.8 Å². The van der Waals surface area contributed by atoms with Gasteiger partial charge in [-0.25, -0.2) is 9.97 Å². The Labute approximate surface area is 153 Å². The maximum absolute atomic E-state index is 11.3. The van der Waals surface area contributed by atoms with Crippen molar-refractivity contribution in [3.8, 4) is 5.69 Å². The third-order valence-electron chi connectivity index (χ3n) is 4.19. The van der Waals surface area contributed by atoms with Gasteiger partial charge >= 0.3 is 5.97 Å². The Morgan fingerprint density at radius 1 is 1.36 bits per heavy atom. The van der Waals surface area contributed by atoms with E-state index >= 15 is 0 Å². The van der Waals surface area contributed by atoms with E-state index in [4.69, 9.17) is 16.6 Å². The van der Waals surface area contributed by atoms with Gasteiger partial charge in [-0.3, -0.25) is 4.79 Å². The number of halogens is 1. The minimum atomic E-state index is -0.784. The number of aromatic nitrogens is 3. The average molecular weight is 375 g/mol. The standard InChI is InChI=1S/C17H15ClN4O2S/c18-11-1-2-12-13(7-11)20-16(8-14(12)22-4-3-19-10-22)21-5-6-25-15(9-21)17(23)24/h1-4,7-8,10,15H,5-6,9H2,(H,23,24). The zero-order valence-electron chi connectivity index (χ0n) is 13.2. The highest BCUT2D eigenvalue weighted by atomic mass is 35.5. The monoisotopic (exact) mass is 374 g/mol. The molecule has 4 rings (SSSR count). The summed E-state index contributed by atoms with van der Waals surface area (Å²) in [6.07, 6.45) is 5.33. The van der Waals surface area contributed by atoms with Gasteiger partial charge in [0.15, 0.2) is 0 Å². The second kappa shape index (κ2) is 6.57.